The topological polar surface area (TPSA) is 87.9 Å². The van der Waals surface area contributed by atoms with E-state index in [2.05, 4.69) is 0 Å². The second-order valence-electron chi connectivity index (χ2n) is 5.42. The molecule has 0 radical (unpaired) electrons. The Bertz CT molecular complexity index is 661. The molecule has 7 heteroatoms. The lowest BCUT2D eigenvalue weighted by Crippen LogP contribution is -2.35. The number of hydrogen-bond acceptors (Lipinski definition) is 6. The van der Waals surface area contributed by atoms with E-state index in [0.717, 1.165) is 11.1 Å². The standard InChI is InChI=1S/C17H21NO6/c1-5-22-16(19)14-13(12-10(3)8-7-9-11(12)4)15(24-18(14)21)17(20)23-6-2/h7-9,13,15H,5-6H2,1-4H3. The van der Waals surface area contributed by atoms with Gasteiger partial charge in [-0.25, -0.2) is 4.79 Å². The van der Waals surface area contributed by atoms with Crippen LogP contribution in [0.3, 0.4) is 0 Å². The van der Waals surface area contributed by atoms with E-state index in [1.165, 1.54) is 0 Å². The molecule has 0 fully saturated rings. The summed E-state index contributed by atoms with van der Waals surface area (Å²) in [5, 5.41) is 12.2. The molecule has 2 unspecified atom stereocenters. The molecule has 1 aromatic carbocycles. The summed E-state index contributed by atoms with van der Waals surface area (Å²) in [4.78, 5) is 29.7. The molecule has 7 nitrogen and oxygen atoms in total. The van der Waals surface area contributed by atoms with E-state index in [0.29, 0.717) is 5.56 Å². The summed E-state index contributed by atoms with van der Waals surface area (Å²) >= 11 is 0. The van der Waals surface area contributed by atoms with Gasteiger partial charge in [0.2, 0.25) is 0 Å². The second-order valence-corrected chi connectivity index (χ2v) is 5.42. The molecule has 0 bridgehead atoms. The molecule has 0 N–H and O–H groups in total. The van der Waals surface area contributed by atoms with E-state index in [4.69, 9.17) is 14.3 Å². The molecule has 0 saturated carbocycles. The number of carbonyl (C=O) groups is 2. The van der Waals surface area contributed by atoms with Gasteiger partial charge in [-0.05, 0) is 44.4 Å². The van der Waals surface area contributed by atoms with Crippen molar-refractivity contribution in [2.75, 3.05) is 13.2 Å². The molecular weight excluding hydrogens is 314 g/mol. The number of aryl methyl sites for hydroxylation is 2. The molecule has 0 amide bonds. The van der Waals surface area contributed by atoms with Crippen LogP contribution in [0.4, 0.5) is 0 Å². The minimum Gasteiger partial charge on any atom is -0.465 e. The Kier molecular flexibility index (Phi) is 5.43. The van der Waals surface area contributed by atoms with Gasteiger partial charge in [0.1, 0.15) is 5.92 Å². The molecule has 1 aliphatic heterocycles. The number of hydrogen-bond donors (Lipinski definition) is 0. The van der Waals surface area contributed by atoms with Crippen molar-refractivity contribution >= 4 is 17.7 Å². The molecule has 0 saturated heterocycles. The van der Waals surface area contributed by atoms with E-state index in [-0.39, 0.29) is 23.8 Å². The van der Waals surface area contributed by atoms with Gasteiger partial charge in [-0.15, -0.1) is 0 Å². The van der Waals surface area contributed by atoms with Crippen LogP contribution in [0.25, 0.3) is 0 Å². The zero-order valence-electron chi connectivity index (χ0n) is 14.2. The molecule has 0 aromatic heterocycles. The third-order valence-corrected chi connectivity index (χ3v) is 3.86. The molecule has 1 heterocycles. The number of carbonyl (C=O) groups excluding carboxylic acids is 2. The largest absolute Gasteiger partial charge is 0.465 e. The van der Waals surface area contributed by atoms with Gasteiger partial charge in [0.15, 0.2) is 6.10 Å². The molecular formula is C17H21NO6. The Morgan fingerprint density at radius 1 is 1.17 bits per heavy atom. The van der Waals surface area contributed by atoms with Crippen molar-refractivity contribution in [3.05, 3.63) is 40.1 Å². The first kappa shape index (κ1) is 17.8. The molecule has 2 atom stereocenters. The minimum absolute atomic E-state index is 0.0795. The fourth-order valence-corrected chi connectivity index (χ4v) is 2.89. The smallest absolute Gasteiger partial charge is 0.405 e. The fourth-order valence-electron chi connectivity index (χ4n) is 2.89. The van der Waals surface area contributed by atoms with Crippen molar-refractivity contribution in [2.45, 2.75) is 39.7 Å². The number of nitrogens with zero attached hydrogens (tertiary/aromatic N) is 1. The van der Waals surface area contributed by atoms with E-state index >= 15 is 0 Å². The first-order chi connectivity index (χ1) is 11.4. The van der Waals surface area contributed by atoms with Crippen LogP contribution in [0, 0.1) is 19.1 Å². The average Bonchev–Trinajstić information content (AvgIpc) is 2.85. The van der Waals surface area contributed by atoms with Crippen LogP contribution in [0.1, 0.15) is 36.5 Å². The van der Waals surface area contributed by atoms with Gasteiger partial charge in [-0.2, -0.15) is 0 Å². The average molecular weight is 335 g/mol. The summed E-state index contributed by atoms with van der Waals surface area (Å²) < 4.78 is 9.96. The van der Waals surface area contributed by atoms with Crippen LogP contribution in [0.15, 0.2) is 18.2 Å². The summed E-state index contributed by atoms with van der Waals surface area (Å²) in [6.07, 6.45) is -1.22. The highest BCUT2D eigenvalue weighted by Crippen LogP contribution is 2.34. The van der Waals surface area contributed by atoms with Crippen molar-refractivity contribution in [1.82, 2.24) is 0 Å². The highest BCUT2D eigenvalue weighted by atomic mass is 16.9. The number of benzene rings is 1. The number of rotatable bonds is 5. The molecule has 130 valence electrons. The lowest BCUT2D eigenvalue weighted by Gasteiger charge is -2.20. The third-order valence-electron chi connectivity index (χ3n) is 3.86. The summed E-state index contributed by atoms with van der Waals surface area (Å²) in [7, 11) is 0. The van der Waals surface area contributed by atoms with Gasteiger partial charge in [0.25, 0.3) is 0 Å². The zero-order chi connectivity index (χ0) is 17.9. The molecule has 24 heavy (non-hydrogen) atoms. The first-order valence-corrected chi connectivity index (χ1v) is 7.83. The monoisotopic (exact) mass is 335 g/mol. The van der Waals surface area contributed by atoms with Gasteiger partial charge >= 0.3 is 17.7 Å². The quantitative estimate of drug-likeness (QED) is 0.602. The second kappa shape index (κ2) is 7.33. The predicted octanol–water partition coefficient (Wildman–Crippen LogP) is 1.78. The number of ether oxygens (including phenoxy) is 2. The van der Waals surface area contributed by atoms with Crippen molar-refractivity contribution in [2.24, 2.45) is 0 Å². The van der Waals surface area contributed by atoms with E-state index in [1.54, 1.807) is 13.8 Å². The highest BCUT2D eigenvalue weighted by molar-refractivity contribution is 6.37. The molecule has 2 rings (SSSR count). The summed E-state index contributed by atoms with van der Waals surface area (Å²) in [6.45, 7) is 7.25. The minimum atomic E-state index is -1.22. The van der Waals surface area contributed by atoms with Gasteiger partial charge in [0.05, 0.1) is 18.1 Å². The Morgan fingerprint density at radius 2 is 1.75 bits per heavy atom. The van der Waals surface area contributed by atoms with Crippen LogP contribution in [-0.4, -0.2) is 41.9 Å². The van der Waals surface area contributed by atoms with Crippen molar-refractivity contribution < 1.29 is 28.8 Å². The summed E-state index contributed by atoms with van der Waals surface area (Å²) in [5.74, 6) is -2.36. The molecule has 0 aliphatic carbocycles. The lowest BCUT2D eigenvalue weighted by atomic mass is 9.84. The molecule has 1 aliphatic rings. The maximum absolute atomic E-state index is 12.3. The third kappa shape index (κ3) is 3.20. The Morgan fingerprint density at radius 3 is 2.29 bits per heavy atom. The molecule has 0 spiro atoms. The fraction of sp³-hybridized carbons (Fsp3) is 0.471. The van der Waals surface area contributed by atoms with Gasteiger partial charge in [-0.1, -0.05) is 18.2 Å². The van der Waals surface area contributed by atoms with E-state index in [9.17, 15) is 14.8 Å². The van der Waals surface area contributed by atoms with Crippen LogP contribution in [0.2, 0.25) is 0 Å². The maximum atomic E-state index is 12.3. The van der Waals surface area contributed by atoms with Gasteiger partial charge in [0, 0.05) is 0 Å². The van der Waals surface area contributed by atoms with E-state index < -0.39 is 24.0 Å². The zero-order valence-corrected chi connectivity index (χ0v) is 14.2. The van der Waals surface area contributed by atoms with Gasteiger partial charge < -0.3 is 14.3 Å². The Hall–Kier alpha value is -2.57. The van der Waals surface area contributed by atoms with Crippen molar-refractivity contribution in [3.63, 3.8) is 0 Å². The normalized spacial score (nSPS) is 19.8. The van der Waals surface area contributed by atoms with Crippen molar-refractivity contribution in [3.8, 4) is 0 Å². The predicted molar refractivity (Wildman–Crippen MR) is 85.4 cm³/mol. The lowest BCUT2D eigenvalue weighted by molar-refractivity contribution is -0.736. The van der Waals surface area contributed by atoms with Crippen molar-refractivity contribution in [1.29, 1.82) is 0 Å². The van der Waals surface area contributed by atoms with Crippen LogP contribution in [0.5, 0.6) is 0 Å². The summed E-state index contributed by atoms with van der Waals surface area (Å²) in [6, 6.07) is 5.56. The first-order valence-electron chi connectivity index (χ1n) is 7.83. The van der Waals surface area contributed by atoms with Crippen LogP contribution in [-0.2, 0) is 23.9 Å². The Labute approximate surface area is 140 Å². The van der Waals surface area contributed by atoms with Gasteiger partial charge in [-0.3, -0.25) is 10.0 Å². The van der Waals surface area contributed by atoms with Crippen LogP contribution >= 0.6 is 0 Å². The summed E-state index contributed by atoms with van der Waals surface area (Å²) in [5.41, 5.74) is 2.13. The SMILES string of the molecule is CCOC(=O)C1=[N+]([O-])OC(C(=O)OCC)C1c1c(C)cccc1C. The maximum Gasteiger partial charge on any atom is 0.405 e. The van der Waals surface area contributed by atoms with E-state index in [1.807, 2.05) is 32.0 Å². The van der Waals surface area contributed by atoms with Crippen LogP contribution < -0.4 is 0 Å². The molecule has 1 aromatic rings. The number of esters is 2. The highest BCUT2D eigenvalue weighted by Gasteiger charge is 2.51. The Balaban J connectivity index is 2.56.